The number of unbranched alkanes of at least 4 members (excludes halogenated alkanes) is 2. The fraction of sp³-hybridized carbons (Fsp3) is 0.800. The molecule has 7 heavy (non-hydrogen) atoms. The molecule has 0 fully saturated rings. The molecule has 0 aliphatic heterocycles. The quantitative estimate of drug-likeness (QED) is 0.413. The van der Waals surface area contributed by atoms with Crippen LogP contribution in [0.25, 0.3) is 0 Å². The molecule has 0 rings (SSSR count). The van der Waals surface area contributed by atoms with E-state index in [2.05, 4.69) is 6.92 Å². The Morgan fingerprint density at radius 2 is 2.14 bits per heavy atom. The number of hydrogen-bond acceptors (Lipinski definition) is 1. The summed E-state index contributed by atoms with van der Waals surface area (Å²) in [6.07, 6.45) is 3.86. The van der Waals surface area contributed by atoms with Crippen LogP contribution in [0, 0.1) is 0 Å². The van der Waals surface area contributed by atoms with Crippen LogP contribution in [-0.2, 0) is 4.79 Å². The number of carbonyl (C=O) groups excluding carboxylic acids is 1. The number of rotatable bonds is 3. The van der Waals surface area contributed by atoms with Gasteiger partial charge in [-0.3, -0.25) is 0 Å². The molecule has 0 N–H and O–H groups in total. The summed E-state index contributed by atoms with van der Waals surface area (Å²) in [5.41, 5.74) is 0. The zero-order valence-electron chi connectivity index (χ0n) is 4.81. The standard InChI is InChI=1S/C5H10O.Bi.3H/c1-2-3-4-5-6;;;;/h5H,2-4H2,1H3;;;;. The maximum atomic E-state index is 9.56. The van der Waals surface area contributed by atoms with Crippen LogP contribution in [0.5, 0.6) is 0 Å². The first-order chi connectivity index (χ1) is 2.91. The molecule has 0 saturated carbocycles. The first kappa shape index (κ1) is 10.5. The first-order valence-corrected chi connectivity index (χ1v) is 2.35. The second-order valence-corrected chi connectivity index (χ2v) is 1.31. The summed E-state index contributed by atoms with van der Waals surface area (Å²) < 4.78 is 0. The van der Waals surface area contributed by atoms with Crippen molar-refractivity contribution in [3.8, 4) is 0 Å². The molecular weight excluding hydrogens is 285 g/mol. The molecule has 0 aromatic rings. The Morgan fingerprint density at radius 1 is 1.57 bits per heavy atom. The predicted molar refractivity (Wildman–Crippen MR) is 35.5 cm³/mol. The summed E-state index contributed by atoms with van der Waals surface area (Å²) in [4.78, 5) is 9.56. The minimum absolute atomic E-state index is 0. The van der Waals surface area contributed by atoms with Gasteiger partial charge in [0.2, 0.25) is 0 Å². The van der Waals surface area contributed by atoms with Crippen LogP contribution in [0.15, 0.2) is 0 Å². The molecule has 0 amide bonds. The van der Waals surface area contributed by atoms with Gasteiger partial charge in [-0.05, 0) is 6.42 Å². The van der Waals surface area contributed by atoms with Crippen molar-refractivity contribution in [3.63, 3.8) is 0 Å². The first-order valence-electron chi connectivity index (χ1n) is 2.35. The molecule has 0 heterocycles. The molecule has 0 aromatic carbocycles. The van der Waals surface area contributed by atoms with Gasteiger partial charge in [-0.15, -0.1) is 0 Å². The molecule has 1 nitrogen and oxygen atoms in total. The van der Waals surface area contributed by atoms with Crippen molar-refractivity contribution < 1.29 is 4.79 Å². The SMILES string of the molecule is CCCCC=O.[BiH3]. The van der Waals surface area contributed by atoms with Gasteiger partial charge < -0.3 is 4.79 Å². The van der Waals surface area contributed by atoms with Crippen molar-refractivity contribution in [3.05, 3.63) is 0 Å². The minimum atomic E-state index is 0. The second kappa shape index (κ2) is 9.75. The van der Waals surface area contributed by atoms with Crippen LogP contribution in [0.4, 0.5) is 0 Å². The Balaban J connectivity index is 0. The average molecular weight is 298 g/mol. The van der Waals surface area contributed by atoms with Gasteiger partial charge in [0.25, 0.3) is 0 Å². The fourth-order valence-electron chi connectivity index (χ4n) is 0.287. The van der Waals surface area contributed by atoms with Crippen molar-refractivity contribution in [1.29, 1.82) is 0 Å². The average Bonchev–Trinajstić information content (AvgIpc) is 1.61. The van der Waals surface area contributed by atoms with E-state index in [4.69, 9.17) is 0 Å². The van der Waals surface area contributed by atoms with Crippen LogP contribution in [-0.4, -0.2) is 32.5 Å². The van der Waals surface area contributed by atoms with Crippen LogP contribution in [0.2, 0.25) is 0 Å². The third-order valence-corrected chi connectivity index (χ3v) is 0.676. The van der Waals surface area contributed by atoms with Gasteiger partial charge in [-0.2, -0.15) is 0 Å². The van der Waals surface area contributed by atoms with Gasteiger partial charge in [-0.25, -0.2) is 0 Å². The third kappa shape index (κ3) is 10.8. The van der Waals surface area contributed by atoms with Gasteiger partial charge in [0, 0.05) is 6.42 Å². The molecule has 0 saturated heterocycles. The van der Waals surface area contributed by atoms with E-state index in [1.807, 2.05) is 0 Å². The second-order valence-electron chi connectivity index (χ2n) is 1.31. The molecule has 2 heteroatoms. The summed E-state index contributed by atoms with van der Waals surface area (Å²) in [7, 11) is 0. The predicted octanol–water partition coefficient (Wildman–Crippen LogP) is 0.192. The van der Waals surface area contributed by atoms with Gasteiger partial charge in [0.1, 0.15) is 6.29 Å². The van der Waals surface area contributed by atoms with Crippen LogP contribution < -0.4 is 0 Å². The van der Waals surface area contributed by atoms with Crippen LogP contribution in [0.1, 0.15) is 26.2 Å². The maximum absolute atomic E-state index is 9.56. The fourth-order valence-corrected chi connectivity index (χ4v) is 0.287. The van der Waals surface area contributed by atoms with Gasteiger partial charge in [-0.1, -0.05) is 13.3 Å². The Kier molecular flexibility index (Phi) is 14.6. The molecule has 0 bridgehead atoms. The van der Waals surface area contributed by atoms with E-state index in [0.717, 1.165) is 25.5 Å². The zero-order chi connectivity index (χ0) is 4.83. The van der Waals surface area contributed by atoms with E-state index in [9.17, 15) is 4.79 Å². The molecule has 44 valence electrons. The summed E-state index contributed by atoms with van der Waals surface area (Å²) in [6.45, 7) is 2.07. The Hall–Kier alpha value is 0.553. The van der Waals surface area contributed by atoms with Gasteiger partial charge in [0.05, 0.1) is 0 Å². The summed E-state index contributed by atoms with van der Waals surface area (Å²) >= 11 is 0. The normalized spacial score (nSPS) is 7.00. The number of aldehydes is 1. The van der Waals surface area contributed by atoms with Crippen molar-refractivity contribution in [2.45, 2.75) is 26.2 Å². The van der Waals surface area contributed by atoms with Gasteiger partial charge in [0.15, 0.2) is 0 Å². The summed E-state index contributed by atoms with van der Waals surface area (Å²) in [5, 5.41) is 0. The molecule has 0 unspecified atom stereocenters. The molecular formula is C5H13BiO. The van der Waals surface area contributed by atoms with E-state index < -0.39 is 0 Å². The third-order valence-electron chi connectivity index (χ3n) is 0.676. The van der Waals surface area contributed by atoms with Crippen molar-refractivity contribution >= 4 is 32.5 Å². The topological polar surface area (TPSA) is 17.1 Å². The summed E-state index contributed by atoms with van der Waals surface area (Å²) in [6, 6.07) is 0. The summed E-state index contributed by atoms with van der Waals surface area (Å²) in [5.74, 6) is 0. The van der Waals surface area contributed by atoms with E-state index in [1.165, 1.54) is 0 Å². The van der Waals surface area contributed by atoms with Crippen molar-refractivity contribution in [1.82, 2.24) is 0 Å². The molecule has 0 radical (unpaired) electrons. The molecule has 0 aliphatic rings. The molecule has 0 spiro atoms. The van der Waals surface area contributed by atoms with E-state index in [-0.39, 0.29) is 26.2 Å². The van der Waals surface area contributed by atoms with E-state index in [1.54, 1.807) is 0 Å². The zero-order valence-corrected chi connectivity index (χ0v) is 10.3. The van der Waals surface area contributed by atoms with Crippen molar-refractivity contribution in [2.75, 3.05) is 0 Å². The molecule has 0 aliphatic carbocycles. The Bertz CT molecular complexity index is 37.1. The van der Waals surface area contributed by atoms with Crippen LogP contribution >= 0.6 is 0 Å². The van der Waals surface area contributed by atoms with E-state index in [0.29, 0.717) is 0 Å². The van der Waals surface area contributed by atoms with Gasteiger partial charge >= 0.3 is 26.2 Å². The van der Waals surface area contributed by atoms with E-state index >= 15 is 0 Å². The monoisotopic (exact) mass is 298 g/mol. The van der Waals surface area contributed by atoms with Crippen LogP contribution in [0.3, 0.4) is 0 Å². The van der Waals surface area contributed by atoms with Crippen molar-refractivity contribution in [2.24, 2.45) is 0 Å². The molecule has 0 aromatic heterocycles. The Labute approximate surface area is 63.6 Å². The molecule has 0 atom stereocenters. The number of hydrogen-bond donors (Lipinski definition) is 0. The number of carbonyl (C=O) groups is 1. The Morgan fingerprint density at radius 3 is 2.29 bits per heavy atom.